The fraction of sp³-hybridized carbons (Fsp3) is 0.0714. The molecule has 0 aliphatic heterocycles. The molecule has 1 heterocycles. The number of hydrogen-bond acceptors (Lipinski definition) is 3. The number of carbonyl (C=O) groups is 2. The van der Waals surface area contributed by atoms with E-state index >= 15 is 0 Å². The van der Waals surface area contributed by atoms with E-state index in [-0.39, 0.29) is 16.3 Å². The first kappa shape index (κ1) is 14.8. The molecule has 0 unspecified atom stereocenters. The minimum Gasteiger partial charge on any atom is -0.478 e. The van der Waals surface area contributed by atoms with Gasteiger partial charge in [-0.05, 0) is 18.2 Å². The maximum Gasteiger partial charge on any atom is 0.339 e. The first-order valence-corrected chi connectivity index (χ1v) is 6.34. The number of benzene rings is 1. The number of carboxylic acids is 1. The highest BCUT2D eigenvalue weighted by Crippen LogP contribution is 2.24. The van der Waals surface area contributed by atoms with Crippen molar-refractivity contribution < 1.29 is 14.7 Å². The Morgan fingerprint density at radius 1 is 1.43 bits per heavy atom. The van der Waals surface area contributed by atoms with E-state index in [0.29, 0.717) is 0 Å². The monoisotopic (exact) mass is 305 g/mol. The van der Waals surface area contributed by atoms with E-state index in [4.69, 9.17) is 16.7 Å². The van der Waals surface area contributed by atoms with E-state index in [2.05, 4.69) is 10.4 Å². The molecule has 1 amide bonds. The molecule has 0 aliphatic carbocycles. The SMILES string of the molecule is Cn1cc(C=CC(=O)Nc2cccc(Cl)c2C(=O)O)cn1. The average Bonchev–Trinajstić information content (AvgIpc) is 2.82. The van der Waals surface area contributed by atoms with Crippen LogP contribution in [0.3, 0.4) is 0 Å². The second-order valence-corrected chi connectivity index (χ2v) is 4.64. The lowest BCUT2D eigenvalue weighted by molar-refractivity contribution is -0.111. The van der Waals surface area contributed by atoms with Crippen LogP contribution in [0.15, 0.2) is 36.7 Å². The summed E-state index contributed by atoms with van der Waals surface area (Å²) in [6, 6.07) is 4.49. The number of nitrogens with one attached hydrogen (secondary N) is 1. The number of anilines is 1. The van der Waals surface area contributed by atoms with E-state index < -0.39 is 11.9 Å². The molecule has 21 heavy (non-hydrogen) atoms. The zero-order chi connectivity index (χ0) is 15.4. The first-order chi connectivity index (χ1) is 9.97. The molecule has 0 radical (unpaired) electrons. The van der Waals surface area contributed by atoms with Gasteiger partial charge in [-0.2, -0.15) is 5.10 Å². The molecule has 7 heteroatoms. The molecule has 2 N–H and O–H groups in total. The van der Waals surface area contributed by atoms with E-state index in [9.17, 15) is 9.59 Å². The van der Waals surface area contributed by atoms with E-state index in [1.54, 1.807) is 36.3 Å². The van der Waals surface area contributed by atoms with Gasteiger partial charge in [-0.1, -0.05) is 17.7 Å². The van der Waals surface area contributed by atoms with Crippen LogP contribution >= 0.6 is 11.6 Å². The fourth-order valence-corrected chi connectivity index (χ4v) is 1.97. The van der Waals surface area contributed by atoms with Crippen LogP contribution in [0, 0.1) is 0 Å². The van der Waals surface area contributed by atoms with Crippen LogP contribution in [-0.2, 0) is 11.8 Å². The Kier molecular flexibility index (Phi) is 4.39. The second-order valence-electron chi connectivity index (χ2n) is 4.24. The number of halogens is 1. The lowest BCUT2D eigenvalue weighted by Gasteiger charge is -2.07. The van der Waals surface area contributed by atoms with Gasteiger partial charge in [-0.25, -0.2) is 4.79 Å². The van der Waals surface area contributed by atoms with Gasteiger partial charge in [0.1, 0.15) is 5.56 Å². The summed E-state index contributed by atoms with van der Waals surface area (Å²) in [5, 5.41) is 15.6. The molecular formula is C14H12ClN3O3. The van der Waals surface area contributed by atoms with Gasteiger partial charge in [0.05, 0.1) is 16.9 Å². The van der Waals surface area contributed by atoms with Gasteiger partial charge in [0.25, 0.3) is 0 Å². The van der Waals surface area contributed by atoms with Crippen molar-refractivity contribution in [2.24, 2.45) is 7.05 Å². The summed E-state index contributed by atoms with van der Waals surface area (Å²) in [6.07, 6.45) is 6.22. The maximum atomic E-state index is 11.8. The third-order valence-electron chi connectivity index (χ3n) is 2.64. The van der Waals surface area contributed by atoms with Crippen molar-refractivity contribution in [2.45, 2.75) is 0 Å². The minimum absolute atomic E-state index is 0.0662. The van der Waals surface area contributed by atoms with Crippen LogP contribution in [0.4, 0.5) is 5.69 Å². The van der Waals surface area contributed by atoms with Gasteiger partial charge in [0, 0.05) is 24.9 Å². The van der Waals surface area contributed by atoms with Gasteiger partial charge < -0.3 is 10.4 Å². The Bertz CT molecular complexity index is 722. The number of rotatable bonds is 4. The van der Waals surface area contributed by atoms with Crippen LogP contribution < -0.4 is 5.32 Å². The normalized spacial score (nSPS) is 10.8. The Morgan fingerprint density at radius 3 is 2.81 bits per heavy atom. The second kappa shape index (κ2) is 6.23. The zero-order valence-electron chi connectivity index (χ0n) is 11.1. The largest absolute Gasteiger partial charge is 0.478 e. The molecule has 0 bridgehead atoms. The van der Waals surface area contributed by atoms with Gasteiger partial charge >= 0.3 is 5.97 Å². The van der Waals surface area contributed by atoms with Crippen LogP contribution in [0.25, 0.3) is 6.08 Å². The third-order valence-corrected chi connectivity index (χ3v) is 2.95. The van der Waals surface area contributed by atoms with Crippen LogP contribution in [0.5, 0.6) is 0 Å². The van der Waals surface area contributed by atoms with Crippen molar-refractivity contribution in [3.8, 4) is 0 Å². The topological polar surface area (TPSA) is 84.2 Å². The Morgan fingerprint density at radius 2 is 2.19 bits per heavy atom. The van der Waals surface area contributed by atoms with Crippen molar-refractivity contribution in [3.05, 3.63) is 52.8 Å². The maximum absolute atomic E-state index is 11.8. The molecule has 0 fully saturated rings. The fourth-order valence-electron chi connectivity index (χ4n) is 1.72. The lowest BCUT2D eigenvalue weighted by atomic mass is 10.1. The number of aryl methyl sites for hydroxylation is 1. The molecule has 6 nitrogen and oxygen atoms in total. The predicted octanol–water partition coefficient (Wildman–Crippen LogP) is 2.42. The van der Waals surface area contributed by atoms with Gasteiger partial charge in [-0.15, -0.1) is 0 Å². The highest BCUT2D eigenvalue weighted by molar-refractivity contribution is 6.34. The molecule has 0 atom stereocenters. The van der Waals surface area contributed by atoms with Gasteiger partial charge in [-0.3, -0.25) is 9.48 Å². The predicted molar refractivity (Wildman–Crippen MR) is 79.3 cm³/mol. The lowest BCUT2D eigenvalue weighted by Crippen LogP contribution is -2.12. The quantitative estimate of drug-likeness (QED) is 0.850. The van der Waals surface area contributed by atoms with Crippen LogP contribution in [-0.4, -0.2) is 26.8 Å². The van der Waals surface area contributed by atoms with Crippen molar-refractivity contribution in [2.75, 3.05) is 5.32 Å². The number of aromatic carboxylic acids is 1. The molecule has 0 spiro atoms. The highest BCUT2D eigenvalue weighted by atomic mass is 35.5. The Labute approximate surface area is 125 Å². The standard InChI is InChI=1S/C14H12ClN3O3/c1-18-8-9(7-16-18)5-6-12(19)17-11-4-2-3-10(15)13(11)14(20)21/h2-8H,1H3,(H,17,19)(H,20,21). The third kappa shape index (κ3) is 3.70. The van der Waals surface area contributed by atoms with Crippen molar-refractivity contribution >= 4 is 35.2 Å². The summed E-state index contributed by atoms with van der Waals surface area (Å²) in [4.78, 5) is 23.0. The van der Waals surface area contributed by atoms with Crippen LogP contribution in [0.2, 0.25) is 5.02 Å². The van der Waals surface area contributed by atoms with Gasteiger partial charge in [0.2, 0.25) is 5.91 Å². The Balaban J connectivity index is 2.15. The zero-order valence-corrected chi connectivity index (χ0v) is 11.8. The number of carbonyl (C=O) groups excluding carboxylic acids is 1. The number of hydrogen-bond donors (Lipinski definition) is 2. The molecule has 1 aromatic carbocycles. The van der Waals surface area contributed by atoms with E-state index in [0.717, 1.165) is 5.56 Å². The average molecular weight is 306 g/mol. The molecule has 2 aromatic rings. The number of aromatic nitrogens is 2. The molecule has 0 saturated heterocycles. The number of carboxylic acid groups (broad SMARTS) is 1. The van der Waals surface area contributed by atoms with Crippen molar-refractivity contribution in [3.63, 3.8) is 0 Å². The molecule has 1 aromatic heterocycles. The summed E-state index contributed by atoms with van der Waals surface area (Å²) >= 11 is 5.82. The summed E-state index contributed by atoms with van der Waals surface area (Å²) in [7, 11) is 1.77. The van der Waals surface area contributed by atoms with Crippen LogP contribution in [0.1, 0.15) is 15.9 Å². The van der Waals surface area contributed by atoms with Crippen molar-refractivity contribution in [1.29, 1.82) is 0 Å². The Hall–Kier alpha value is -2.60. The van der Waals surface area contributed by atoms with E-state index in [1.165, 1.54) is 18.2 Å². The molecule has 0 saturated carbocycles. The minimum atomic E-state index is -1.20. The summed E-state index contributed by atoms with van der Waals surface area (Å²) in [6.45, 7) is 0. The number of nitrogens with zero attached hydrogens (tertiary/aromatic N) is 2. The van der Waals surface area contributed by atoms with Crippen molar-refractivity contribution in [1.82, 2.24) is 9.78 Å². The molecule has 2 rings (SSSR count). The summed E-state index contributed by atoms with van der Waals surface area (Å²) in [5.41, 5.74) is 0.773. The van der Waals surface area contributed by atoms with Gasteiger partial charge in [0.15, 0.2) is 0 Å². The summed E-state index contributed by atoms with van der Waals surface area (Å²) in [5.74, 6) is -1.66. The highest BCUT2D eigenvalue weighted by Gasteiger charge is 2.15. The molecule has 108 valence electrons. The molecule has 0 aliphatic rings. The van der Waals surface area contributed by atoms with E-state index in [1.807, 2.05) is 0 Å². The summed E-state index contributed by atoms with van der Waals surface area (Å²) < 4.78 is 1.61. The molecular weight excluding hydrogens is 294 g/mol. The smallest absolute Gasteiger partial charge is 0.339 e. The number of amides is 1. The first-order valence-electron chi connectivity index (χ1n) is 5.97.